The van der Waals surface area contributed by atoms with E-state index in [9.17, 15) is 5.11 Å². The maximum absolute atomic E-state index is 10.2. The number of fused-ring (bicyclic) bond motifs is 1. The van der Waals surface area contributed by atoms with Crippen LogP contribution in [0.2, 0.25) is 0 Å². The van der Waals surface area contributed by atoms with E-state index in [2.05, 4.69) is 15.0 Å². The summed E-state index contributed by atoms with van der Waals surface area (Å²) in [7, 11) is 0. The van der Waals surface area contributed by atoms with E-state index in [1.807, 2.05) is 0 Å². The van der Waals surface area contributed by atoms with Crippen LogP contribution >= 0.6 is 0 Å². The molecule has 4 N–H and O–H groups in total. The lowest BCUT2D eigenvalue weighted by Crippen LogP contribution is -2.40. The van der Waals surface area contributed by atoms with Gasteiger partial charge >= 0.3 is 0 Å². The summed E-state index contributed by atoms with van der Waals surface area (Å²) in [5.41, 5.74) is 6.72. The molecule has 0 unspecified atom stereocenters. The number of hydrogen-bond acceptors (Lipinski definition) is 7. The van der Waals surface area contributed by atoms with Crippen molar-refractivity contribution in [3.63, 3.8) is 0 Å². The Morgan fingerprint density at radius 3 is 3.00 bits per heavy atom. The van der Waals surface area contributed by atoms with E-state index in [0.717, 1.165) is 0 Å². The Kier molecular flexibility index (Phi) is 2.80. The third kappa shape index (κ3) is 1.81. The zero-order valence-corrected chi connectivity index (χ0v) is 9.92. The van der Waals surface area contributed by atoms with Gasteiger partial charge in [0.25, 0.3) is 0 Å². The topological polar surface area (TPSA) is 119 Å². The molecule has 1 aliphatic rings. The highest BCUT2D eigenvalue weighted by Gasteiger charge is 2.32. The van der Waals surface area contributed by atoms with Crippen molar-refractivity contribution in [2.75, 3.05) is 12.3 Å². The van der Waals surface area contributed by atoms with E-state index in [1.54, 1.807) is 10.6 Å². The monoisotopic (exact) mass is 263 g/mol. The molecule has 2 aromatic heterocycles. The van der Waals surface area contributed by atoms with Crippen LogP contribution in [0.1, 0.15) is 6.04 Å². The highest BCUT2D eigenvalue weighted by Crippen LogP contribution is 2.26. The maximum Gasteiger partial charge on any atom is 0.166 e. The van der Waals surface area contributed by atoms with Gasteiger partial charge in [-0.25, -0.2) is 15.0 Å². The number of imidazole rings is 1. The number of aromatic nitrogens is 4. The minimum absolute atomic E-state index is 0.272. The van der Waals surface area contributed by atoms with Gasteiger partial charge in [0, 0.05) is 0 Å². The second-order valence-electron chi connectivity index (χ2n) is 4.25. The highest BCUT2D eigenvalue weighted by atomic mass is 16.5. The van der Waals surface area contributed by atoms with Crippen molar-refractivity contribution in [2.24, 2.45) is 0 Å². The molecule has 100 valence electrons. The molecule has 0 bridgehead atoms. The van der Waals surface area contributed by atoms with Gasteiger partial charge in [-0.3, -0.25) is 0 Å². The van der Waals surface area contributed by atoms with Crippen molar-refractivity contribution < 1.29 is 14.9 Å². The molecule has 8 heteroatoms. The van der Waals surface area contributed by atoms with Crippen molar-refractivity contribution in [3.8, 4) is 0 Å². The zero-order valence-electron chi connectivity index (χ0n) is 9.92. The average molecular weight is 263 g/mol. The maximum atomic E-state index is 10.2. The van der Waals surface area contributed by atoms with Crippen molar-refractivity contribution >= 4 is 17.0 Å². The van der Waals surface area contributed by atoms with Crippen molar-refractivity contribution in [1.29, 1.82) is 0 Å². The van der Waals surface area contributed by atoms with Crippen LogP contribution in [0.5, 0.6) is 0 Å². The SMILES string of the molecule is Nc1ncnc2c1ncn2[C@@H]1C=CO[C@H](CO)[C@@H]1O. The first-order chi connectivity index (χ1) is 9.22. The fourth-order valence-electron chi connectivity index (χ4n) is 2.14. The Morgan fingerprint density at radius 1 is 1.37 bits per heavy atom. The van der Waals surface area contributed by atoms with Crippen molar-refractivity contribution in [1.82, 2.24) is 19.5 Å². The molecule has 19 heavy (non-hydrogen) atoms. The van der Waals surface area contributed by atoms with Crippen LogP contribution in [0, 0.1) is 0 Å². The van der Waals surface area contributed by atoms with Crippen LogP contribution in [0.15, 0.2) is 25.0 Å². The van der Waals surface area contributed by atoms with Gasteiger partial charge in [0.15, 0.2) is 11.5 Å². The minimum atomic E-state index is -0.899. The number of nitrogen functional groups attached to an aromatic ring is 1. The predicted molar refractivity (Wildman–Crippen MR) is 65.9 cm³/mol. The summed E-state index contributed by atoms with van der Waals surface area (Å²) in [5.74, 6) is 0.285. The van der Waals surface area contributed by atoms with Gasteiger partial charge in [-0.15, -0.1) is 0 Å². The molecule has 0 saturated carbocycles. The lowest BCUT2D eigenvalue weighted by molar-refractivity contribution is -0.0503. The second-order valence-corrected chi connectivity index (χ2v) is 4.25. The Morgan fingerprint density at radius 2 is 2.21 bits per heavy atom. The first-order valence-corrected chi connectivity index (χ1v) is 5.76. The van der Waals surface area contributed by atoms with Crippen molar-refractivity contribution in [3.05, 3.63) is 25.0 Å². The number of nitrogens with zero attached hydrogens (tertiary/aromatic N) is 4. The van der Waals surface area contributed by atoms with Crippen LogP contribution in [0.3, 0.4) is 0 Å². The molecule has 3 rings (SSSR count). The summed E-state index contributed by atoms with van der Waals surface area (Å²) in [6.45, 7) is -0.272. The first-order valence-electron chi connectivity index (χ1n) is 5.76. The number of aliphatic hydroxyl groups excluding tert-OH is 2. The van der Waals surface area contributed by atoms with E-state index in [0.29, 0.717) is 11.2 Å². The summed E-state index contributed by atoms with van der Waals surface area (Å²) in [6, 6.07) is -0.426. The fourth-order valence-corrected chi connectivity index (χ4v) is 2.14. The van der Waals surface area contributed by atoms with Crippen LogP contribution in [-0.4, -0.2) is 48.5 Å². The molecule has 0 spiro atoms. The van der Waals surface area contributed by atoms with Gasteiger partial charge in [-0.2, -0.15) is 0 Å². The molecule has 0 saturated heterocycles. The Hall–Kier alpha value is -2.19. The number of rotatable bonds is 2. The lowest BCUT2D eigenvalue weighted by Gasteiger charge is -2.30. The molecule has 0 fully saturated rings. The normalized spacial score (nSPS) is 26.5. The number of nitrogens with two attached hydrogens (primary N) is 1. The quantitative estimate of drug-likeness (QED) is 0.649. The minimum Gasteiger partial charge on any atom is -0.493 e. The number of aliphatic hydroxyl groups is 2. The van der Waals surface area contributed by atoms with E-state index < -0.39 is 18.2 Å². The standard InChI is InChI=1S/C11H13N5O3/c12-10-8-11(14-4-13-10)16(5-15-8)6-1-2-19-7(3-17)9(6)18/h1-2,4-7,9,17-18H,3H2,(H2,12,13,14)/t6-,7-,9-/m1/s1. The number of hydrogen-bond donors (Lipinski definition) is 3. The molecule has 1 aliphatic heterocycles. The Labute approximate surface area is 108 Å². The Bertz CT molecular complexity index is 626. The van der Waals surface area contributed by atoms with Crippen molar-refractivity contribution in [2.45, 2.75) is 18.2 Å². The summed E-state index contributed by atoms with van der Waals surface area (Å²) in [5, 5.41) is 19.3. The molecule has 0 radical (unpaired) electrons. The molecule has 3 heterocycles. The van der Waals surface area contributed by atoms with E-state index in [1.165, 1.54) is 18.9 Å². The second kappa shape index (κ2) is 4.48. The van der Waals surface area contributed by atoms with Gasteiger partial charge < -0.3 is 25.3 Å². The van der Waals surface area contributed by atoms with Crippen LogP contribution in [-0.2, 0) is 4.74 Å². The van der Waals surface area contributed by atoms with E-state index in [-0.39, 0.29) is 12.4 Å². The number of ether oxygens (including phenoxy) is 1. The van der Waals surface area contributed by atoms with E-state index >= 15 is 0 Å². The summed E-state index contributed by atoms with van der Waals surface area (Å²) >= 11 is 0. The molecular weight excluding hydrogens is 250 g/mol. The smallest absolute Gasteiger partial charge is 0.166 e. The zero-order chi connectivity index (χ0) is 13.4. The highest BCUT2D eigenvalue weighted by molar-refractivity contribution is 5.81. The van der Waals surface area contributed by atoms with Gasteiger partial charge in [-0.05, 0) is 6.08 Å². The Balaban J connectivity index is 2.07. The summed E-state index contributed by atoms with van der Waals surface area (Å²) in [6.07, 6.45) is 4.43. The van der Waals surface area contributed by atoms with Crippen LogP contribution < -0.4 is 5.73 Å². The summed E-state index contributed by atoms with van der Waals surface area (Å²) < 4.78 is 6.81. The van der Waals surface area contributed by atoms with Gasteiger partial charge in [0.1, 0.15) is 24.1 Å². The van der Waals surface area contributed by atoms with Crippen LogP contribution in [0.25, 0.3) is 11.2 Å². The third-order valence-electron chi connectivity index (χ3n) is 3.15. The van der Waals surface area contributed by atoms with E-state index in [4.69, 9.17) is 15.6 Å². The first kappa shape index (κ1) is 11.9. The number of anilines is 1. The molecule has 8 nitrogen and oxygen atoms in total. The van der Waals surface area contributed by atoms with Gasteiger partial charge in [-0.1, -0.05) is 0 Å². The molecular formula is C11H13N5O3. The predicted octanol–water partition coefficient (Wildman–Crippen LogP) is -0.785. The molecule has 0 amide bonds. The molecule has 3 atom stereocenters. The average Bonchev–Trinajstić information content (AvgIpc) is 2.84. The van der Waals surface area contributed by atoms with Gasteiger partial charge in [0.05, 0.1) is 25.2 Å². The van der Waals surface area contributed by atoms with Crippen LogP contribution in [0.4, 0.5) is 5.82 Å². The lowest BCUT2D eigenvalue weighted by atomic mass is 10.0. The largest absolute Gasteiger partial charge is 0.493 e. The molecule has 0 aromatic carbocycles. The fraction of sp³-hybridized carbons (Fsp3) is 0.364. The third-order valence-corrected chi connectivity index (χ3v) is 3.15. The molecule has 0 aliphatic carbocycles. The van der Waals surface area contributed by atoms with Gasteiger partial charge in [0.2, 0.25) is 0 Å². The summed E-state index contributed by atoms with van der Waals surface area (Å²) in [4.78, 5) is 12.1. The molecule has 2 aromatic rings.